The van der Waals surface area contributed by atoms with Gasteiger partial charge in [-0.1, -0.05) is 42.0 Å². The predicted molar refractivity (Wildman–Crippen MR) is 98.4 cm³/mol. The third kappa shape index (κ3) is 2.73. The van der Waals surface area contributed by atoms with Gasteiger partial charge < -0.3 is 0 Å². The van der Waals surface area contributed by atoms with Gasteiger partial charge in [0.05, 0.1) is 11.2 Å². The summed E-state index contributed by atoms with van der Waals surface area (Å²) in [7, 11) is 0. The van der Waals surface area contributed by atoms with Crippen LogP contribution in [-0.4, -0.2) is 4.98 Å². The smallest absolute Gasteiger partial charge is 0.123 e. The lowest BCUT2D eigenvalue weighted by Crippen LogP contribution is -1.98. The fraction of sp³-hybridized carbons (Fsp3) is 0.227. The third-order valence-corrected chi connectivity index (χ3v) is 4.49. The highest BCUT2D eigenvalue weighted by molar-refractivity contribution is 5.99. The lowest BCUT2D eigenvalue weighted by molar-refractivity contribution is 0.628. The highest BCUT2D eigenvalue weighted by Gasteiger charge is 2.29. The monoisotopic (exact) mass is 317 g/mol. The van der Waals surface area contributed by atoms with Crippen LogP contribution in [0.3, 0.4) is 0 Å². The van der Waals surface area contributed by atoms with Crippen molar-refractivity contribution >= 4 is 17.0 Å². The van der Waals surface area contributed by atoms with E-state index in [2.05, 4.69) is 32.1 Å². The van der Waals surface area contributed by atoms with Crippen LogP contribution in [0.2, 0.25) is 0 Å². The van der Waals surface area contributed by atoms with Crippen LogP contribution in [0.5, 0.6) is 0 Å². The Morgan fingerprint density at radius 2 is 1.75 bits per heavy atom. The number of nitrogens with zero attached hydrogens (tertiary/aromatic N) is 1. The van der Waals surface area contributed by atoms with E-state index in [1.165, 1.54) is 47.4 Å². The summed E-state index contributed by atoms with van der Waals surface area (Å²) < 4.78 is 13.4. The van der Waals surface area contributed by atoms with E-state index in [4.69, 9.17) is 4.98 Å². The maximum Gasteiger partial charge on any atom is 0.123 e. The van der Waals surface area contributed by atoms with Gasteiger partial charge in [-0.15, -0.1) is 0 Å². The van der Waals surface area contributed by atoms with E-state index in [1.807, 2.05) is 24.3 Å². The van der Waals surface area contributed by atoms with E-state index < -0.39 is 0 Å². The zero-order chi connectivity index (χ0) is 16.7. The van der Waals surface area contributed by atoms with E-state index >= 15 is 0 Å². The number of halogens is 1. The number of rotatable bonds is 3. The molecule has 1 aliphatic rings. The Hall–Kier alpha value is -2.48. The predicted octanol–water partition coefficient (Wildman–Crippen LogP) is 6.34. The number of hydrogen-bond donors (Lipinski definition) is 0. The molecule has 120 valence electrons. The van der Waals surface area contributed by atoms with Gasteiger partial charge in [0, 0.05) is 22.4 Å². The molecule has 0 amide bonds. The van der Waals surface area contributed by atoms with Crippen LogP contribution in [0.1, 0.15) is 43.9 Å². The molecule has 0 saturated heterocycles. The summed E-state index contributed by atoms with van der Waals surface area (Å²) in [5.41, 5.74) is 6.87. The van der Waals surface area contributed by atoms with Crippen molar-refractivity contribution < 1.29 is 4.39 Å². The molecule has 0 unspecified atom stereocenters. The fourth-order valence-corrected chi connectivity index (χ4v) is 3.28. The quantitative estimate of drug-likeness (QED) is 0.549. The molecule has 1 saturated carbocycles. The number of benzene rings is 2. The average Bonchev–Trinajstić information content (AvgIpc) is 3.40. The van der Waals surface area contributed by atoms with Crippen molar-refractivity contribution in [2.75, 3.05) is 0 Å². The maximum atomic E-state index is 13.4. The molecule has 1 nitrogen and oxygen atoms in total. The molecule has 0 N–H and O–H groups in total. The number of para-hydroxylation sites is 1. The molecule has 1 heterocycles. The Kier molecular flexibility index (Phi) is 3.68. The van der Waals surface area contributed by atoms with Crippen LogP contribution < -0.4 is 0 Å². The maximum absolute atomic E-state index is 13.4. The van der Waals surface area contributed by atoms with Crippen molar-refractivity contribution in [2.24, 2.45) is 0 Å². The van der Waals surface area contributed by atoms with Crippen LogP contribution in [-0.2, 0) is 0 Å². The topological polar surface area (TPSA) is 12.9 Å². The highest BCUT2D eigenvalue weighted by atomic mass is 19.1. The van der Waals surface area contributed by atoms with Gasteiger partial charge in [-0.05, 0) is 50.5 Å². The van der Waals surface area contributed by atoms with Crippen LogP contribution >= 0.6 is 0 Å². The summed E-state index contributed by atoms with van der Waals surface area (Å²) in [6, 6.07) is 15.1. The number of allylic oxidation sites excluding steroid dienone is 1. The Morgan fingerprint density at radius 1 is 1.04 bits per heavy atom. The fourth-order valence-electron chi connectivity index (χ4n) is 3.28. The highest BCUT2D eigenvalue weighted by Crippen LogP contribution is 2.45. The van der Waals surface area contributed by atoms with Crippen LogP contribution in [0, 0.1) is 5.82 Å². The van der Waals surface area contributed by atoms with Crippen LogP contribution in [0.15, 0.2) is 54.1 Å². The normalized spacial score (nSPS) is 14.0. The van der Waals surface area contributed by atoms with Gasteiger partial charge in [0.25, 0.3) is 0 Å². The lowest BCUT2D eigenvalue weighted by Gasteiger charge is -2.16. The first-order valence-corrected chi connectivity index (χ1v) is 8.47. The van der Waals surface area contributed by atoms with Crippen LogP contribution in [0.25, 0.3) is 28.1 Å². The summed E-state index contributed by atoms with van der Waals surface area (Å²) in [5, 5.41) is 1.13. The molecule has 1 aliphatic carbocycles. The summed E-state index contributed by atoms with van der Waals surface area (Å²) in [6.07, 6.45) is 4.64. The van der Waals surface area contributed by atoms with Crippen molar-refractivity contribution in [2.45, 2.75) is 32.6 Å². The standard InChI is InChI=1S/C22H20FN/c1-14(2)13-19-21(15-9-11-17(23)12-10-15)18-5-3-4-6-20(18)24-22(19)16-7-8-16/h3-6,9-13,16H,7-8H2,1-2H3. The Labute approximate surface area is 141 Å². The minimum atomic E-state index is -0.205. The molecule has 4 rings (SSSR count). The molecular formula is C22H20FN. The van der Waals surface area contributed by atoms with Gasteiger partial charge in [-0.25, -0.2) is 4.39 Å². The Balaban J connectivity index is 2.10. The summed E-state index contributed by atoms with van der Waals surface area (Å²) in [5.74, 6) is 0.350. The number of pyridine rings is 1. The molecule has 2 aromatic carbocycles. The van der Waals surface area contributed by atoms with E-state index in [0.29, 0.717) is 5.92 Å². The molecule has 0 spiro atoms. The van der Waals surface area contributed by atoms with Crippen molar-refractivity contribution in [1.82, 2.24) is 4.98 Å². The SMILES string of the molecule is CC(C)=Cc1c(C2CC2)nc2ccccc2c1-c1ccc(F)cc1. The molecule has 24 heavy (non-hydrogen) atoms. The minimum absolute atomic E-state index is 0.205. The van der Waals surface area contributed by atoms with E-state index in [0.717, 1.165) is 16.5 Å². The Bertz CT molecular complexity index is 930. The summed E-state index contributed by atoms with van der Waals surface area (Å²) in [4.78, 5) is 4.98. The van der Waals surface area contributed by atoms with Gasteiger partial charge in [0.2, 0.25) is 0 Å². The summed E-state index contributed by atoms with van der Waals surface area (Å²) in [6.45, 7) is 4.22. The van der Waals surface area contributed by atoms with E-state index in [9.17, 15) is 4.39 Å². The second-order valence-electron chi connectivity index (χ2n) is 6.81. The van der Waals surface area contributed by atoms with Crippen molar-refractivity contribution in [3.8, 4) is 11.1 Å². The zero-order valence-electron chi connectivity index (χ0n) is 14.0. The van der Waals surface area contributed by atoms with Crippen molar-refractivity contribution in [3.63, 3.8) is 0 Å². The second-order valence-corrected chi connectivity index (χ2v) is 6.81. The molecule has 0 bridgehead atoms. The third-order valence-electron chi connectivity index (χ3n) is 4.49. The van der Waals surface area contributed by atoms with Gasteiger partial charge in [0.1, 0.15) is 5.82 Å². The first-order valence-electron chi connectivity index (χ1n) is 8.47. The lowest BCUT2D eigenvalue weighted by atomic mass is 9.92. The average molecular weight is 317 g/mol. The molecule has 0 aliphatic heterocycles. The van der Waals surface area contributed by atoms with Crippen molar-refractivity contribution in [1.29, 1.82) is 0 Å². The number of hydrogen-bond acceptors (Lipinski definition) is 1. The molecular weight excluding hydrogens is 297 g/mol. The van der Waals surface area contributed by atoms with E-state index in [1.54, 1.807) is 0 Å². The summed E-state index contributed by atoms with van der Waals surface area (Å²) >= 11 is 0. The van der Waals surface area contributed by atoms with Crippen LogP contribution in [0.4, 0.5) is 4.39 Å². The Morgan fingerprint density at radius 3 is 2.42 bits per heavy atom. The molecule has 0 atom stereocenters. The zero-order valence-corrected chi connectivity index (χ0v) is 14.0. The molecule has 3 aromatic rings. The van der Waals surface area contributed by atoms with Gasteiger partial charge in [0.15, 0.2) is 0 Å². The first-order chi connectivity index (χ1) is 11.6. The van der Waals surface area contributed by atoms with Gasteiger partial charge >= 0.3 is 0 Å². The molecule has 0 radical (unpaired) electrons. The minimum Gasteiger partial charge on any atom is -0.252 e. The van der Waals surface area contributed by atoms with Gasteiger partial charge in [-0.2, -0.15) is 0 Å². The number of fused-ring (bicyclic) bond motifs is 1. The van der Waals surface area contributed by atoms with Gasteiger partial charge in [-0.3, -0.25) is 4.98 Å². The largest absolute Gasteiger partial charge is 0.252 e. The molecule has 1 fully saturated rings. The second kappa shape index (κ2) is 5.86. The molecule has 1 aromatic heterocycles. The molecule has 2 heteroatoms. The van der Waals surface area contributed by atoms with Crippen molar-refractivity contribution in [3.05, 3.63) is 71.2 Å². The number of aromatic nitrogens is 1. The van der Waals surface area contributed by atoms with E-state index in [-0.39, 0.29) is 5.82 Å². The first kappa shape index (κ1) is 15.1.